The third kappa shape index (κ3) is 6.58. The average molecular weight is 510 g/mol. The van der Waals surface area contributed by atoms with Crippen LogP contribution in [0.15, 0.2) is 66.7 Å². The Labute approximate surface area is 199 Å². The van der Waals surface area contributed by atoms with Crippen LogP contribution >= 0.6 is 0 Å². The highest BCUT2D eigenvalue weighted by Gasteiger charge is 2.31. The van der Waals surface area contributed by atoms with E-state index in [-0.39, 0.29) is 11.4 Å². The summed E-state index contributed by atoms with van der Waals surface area (Å²) in [6.45, 7) is -0.391. The van der Waals surface area contributed by atoms with Crippen molar-refractivity contribution >= 4 is 34.3 Å². The second-order valence-corrected chi connectivity index (χ2v) is 7.37. The number of alkyl halides is 6. The van der Waals surface area contributed by atoms with E-state index in [1.165, 1.54) is 12.1 Å². The number of fused-ring (bicyclic) bond motifs is 1. The van der Waals surface area contributed by atoms with Crippen LogP contribution in [0.3, 0.4) is 0 Å². The lowest BCUT2D eigenvalue weighted by Crippen LogP contribution is -2.20. The number of nitrogens with one attached hydrogen (secondary N) is 3. The Morgan fingerprint density at radius 2 is 1.50 bits per heavy atom. The van der Waals surface area contributed by atoms with Gasteiger partial charge in [-0.25, -0.2) is 4.98 Å². The lowest BCUT2D eigenvalue weighted by molar-refractivity contribution is -0.274. The highest BCUT2D eigenvalue weighted by atomic mass is 19.4. The summed E-state index contributed by atoms with van der Waals surface area (Å²) in [7, 11) is 0. The minimum absolute atomic E-state index is 0.189. The molecule has 0 spiro atoms. The van der Waals surface area contributed by atoms with Gasteiger partial charge < -0.3 is 25.1 Å². The van der Waals surface area contributed by atoms with Gasteiger partial charge in [-0.05, 0) is 60.7 Å². The third-order valence-corrected chi connectivity index (χ3v) is 4.67. The molecule has 1 amide bonds. The van der Waals surface area contributed by atoms with Gasteiger partial charge in [0, 0.05) is 17.4 Å². The number of ether oxygens (including phenoxy) is 2. The minimum atomic E-state index is -4.78. The van der Waals surface area contributed by atoms with Gasteiger partial charge in [0.2, 0.25) is 5.95 Å². The Hall–Kier alpha value is -4.42. The molecule has 0 fully saturated rings. The van der Waals surface area contributed by atoms with Crippen molar-refractivity contribution in [2.75, 3.05) is 17.2 Å². The topological polar surface area (TPSA) is 88.3 Å². The summed E-state index contributed by atoms with van der Waals surface area (Å²) in [5.41, 5.74) is 0.923. The summed E-state index contributed by atoms with van der Waals surface area (Å²) in [5, 5.41) is 5.36. The van der Waals surface area contributed by atoms with E-state index in [1.54, 1.807) is 18.2 Å². The molecule has 1 aromatic heterocycles. The summed E-state index contributed by atoms with van der Waals surface area (Å²) >= 11 is 0. The van der Waals surface area contributed by atoms with Crippen LogP contribution in [0.25, 0.3) is 11.0 Å². The van der Waals surface area contributed by atoms with Crippen LogP contribution in [0.5, 0.6) is 11.5 Å². The van der Waals surface area contributed by atoms with E-state index in [1.807, 2.05) is 0 Å². The highest BCUT2D eigenvalue weighted by Crippen LogP contribution is 2.30. The zero-order valence-corrected chi connectivity index (χ0v) is 18.0. The van der Waals surface area contributed by atoms with Gasteiger partial charge in [0.05, 0.1) is 16.6 Å². The number of benzene rings is 3. The standard InChI is InChI=1S/C23H16F6N4O3/c24-22(25,26)13-1-3-14(4-2-13)30-20(34)12-35-17-9-10-18-19(11-17)33-21(32-18)31-15-5-7-16(8-6-15)36-23(27,28)29/h1-11H,12H2,(H,30,34)(H2,31,32,33). The largest absolute Gasteiger partial charge is 0.573 e. The third-order valence-electron chi connectivity index (χ3n) is 4.67. The molecule has 0 saturated heterocycles. The summed E-state index contributed by atoms with van der Waals surface area (Å²) in [6.07, 6.45) is -9.25. The molecule has 4 rings (SSSR count). The predicted molar refractivity (Wildman–Crippen MR) is 118 cm³/mol. The van der Waals surface area contributed by atoms with E-state index < -0.39 is 30.6 Å². The first-order chi connectivity index (χ1) is 16.9. The molecule has 13 heteroatoms. The van der Waals surface area contributed by atoms with Gasteiger partial charge in [-0.3, -0.25) is 4.79 Å². The quantitative estimate of drug-likeness (QED) is 0.256. The first-order valence-corrected chi connectivity index (χ1v) is 10.2. The van der Waals surface area contributed by atoms with Crippen LogP contribution in [0.4, 0.5) is 43.7 Å². The normalized spacial score (nSPS) is 11.8. The average Bonchev–Trinajstić information content (AvgIpc) is 3.19. The Balaban J connectivity index is 1.33. The van der Waals surface area contributed by atoms with E-state index in [0.29, 0.717) is 28.4 Å². The number of amides is 1. The van der Waals surface area contributed by atoms with Gasteiger partial charge in [0.25, 0.3) is 5.91 Å². The molecule has 0 atom stereocenters. The Morgan fingerprint density at radius 1 is 0.861 bits per heavy atom. The lowest BCUT2D eigenvalue weighted by Gasteiger charge is -2.09. The highest BCUT2D eigenvalue weighted by molar-refractivity contribution is 5.92. The molecular weight excluding hydrogens is 494 g/mol. The van der Waals surface area contributed by atoms with Crippen LogP contribution < -0.4 is 20.1 Å². The molecule has 36 heavy (non-hydrogen) atoms. The number of hydrogen-bond donors (Lipinski definition) is 3. The molecule has 0 aliphatic heterocycles. The van der Waals surface area contributed by atoms with Crippen molar-refractivity contribution in [3.63, 3.8) is 0 Å². The number of anilines is 3. The fourth-order valence-electron chi connectivity index (χ4n) is 3.10. The molecule has 188 valence electrons. The molecule has 0 aliphatic carbocycles. The molecule has 0 saturated carbocycles. The smallest absolute Gasteiger partial charge is 0.484 e. The molecule has 0 aliphatic rings. The van der Waals surface area contributed by atoms with E-state index in [2.05, 4.69) is 25.3 Å². The maximum atomic E-state index is 12.6. The number of nitrogens with zero attached hydrogens (tertiary/aromatic N) is 1. The van der Waals surface area contributed by atoms with E-state index >= 15 is 0 Å². The minimum Gasteiger partial charge on any atom is -0.484 e. The van der Waals surface area contributed by atoms with Gasteiger partial charge in [-0.1, -0.05) is 0 Å². The molecule has 7 nitrogen and oxygen atoms in total. The van der Waals surface area contributed by atoms with Crippen molar-refractivity contribution in [2.24, 2.45) is 0 Å². The van der Waals surface area contributed by atoms with Crippen molar-refractivity contribution in [3.05, 3.63) is 72.3 Å². The van der Waals surface area contributed by atoms with Crippen molar-refractivity contribution in [1.82, 2.24) is 9.97 Å². The zero-order valence-electron chi connectivity index (χ0n) is 18.0. The lowest BCUT2D eigenvalue weighted by atomic mass is 10.2. The van der Waals surface area contributed by atoms with Crippen LogP contribution in [0, 0.1) is 0 Å². The van der Waals surface area contributed by atoms with Gasteiger partial charge in [0.15, 0.2) is 6.61 Å². The fourth-order valence-corrected chi connectivity index (χ4v) is 3.10. The van der Waals surface area contributed by atoms with Gasteiger partial charge in [0.1, 0.15) is 11.5 Å². The second-order valence-electron chi connectivity index (χ2n) is 7.37. The van der Waals surface area contributed by atoms with Crippen molar-refractivity contribution in [3.8, 4) is 11.5 Å². The zero-order chi connectivity index (χ0) is 25.9. The molecule has 0 bridgehead atoms. The first kappa shape index (κ1) is 24.7. The number of rotatable bonds is 7. The molecule has 0 unspecified atom stereocenters. The van der Waals surface area contributed by atoms with E-state index in [0.717, 1.165) is 36.4 Å². The Kier molecular flexibility index (Phi) is 6.64. The number of imidazole rings is 1. The number of hydrogen-bond acceptors (Lipinski definition) is 5. The number of aromatic nitrogens is 2. The SMILES string of the molecule is O=C(COc1ccc2nc(Nc3ccc(OC(F)(F)F)cc3)[nH]c2c1)Nc1ccc(C(F)(F)F)cc1. The first-order valence-electron chi connectivity index (χ1n) is 10.2. The molecule has 4 aromatic rings. The summed E-state index contributed by atoms with van der Waals surface area (Å²) in [6, 6.07) is 13.9. The molecule has 0 radical (unpaired) electrons. The number of carbonyl (C=O) groups excluding carboxylic acids is 1. The molecule has 3 aromatic carbocycles. The van der Waals surface area contributed by atoms with Gasteiger partial charge >= 0.3 is 12.5 Å². The molecule has 3 N–H and O–H groups in total. The van der Waals surface area contributed by atoms with Crippen LogP contribution in [0.1, 0.15) is 5.56 Å². The van der Waals surface area contributed by atoms with E-state index in [4.69, 9.17) is 4.74 Å². The number of halogens is 6. The molecule has 1 heterocycles. The van der Waals surface area contributed by atoms with Gasteiger partial charge in [-0.2, -0.15) is 13.2 Å². The van der Waals surface area contributed by atoms with Crippen molar-refractivity contribution in [2.45, 2.75) is 12.5 Å². The Bertz CT molecular complexity index is 1350. The number of carbonyl (C=O) groups is 1. The van der Waals surface area contributed by atoms with Crippen molar-refractivity contribution in [1.29, 1.82) is 0 Å². The van der Waals surface area contributed by atoms with Crippen LogP contribution in [-0.2, 0) is 11.0 Å². The Morgan fingerprint density at radius 3 is 2.14 bits per heavy atom. The maximum absolute atomic E-state index is 12.6. The number of aromatic amines is 1. The van der Waals surface area contributed by atoms with Crippen molar-refractivity contribution < 1.29 is 40.6 Å². The predicted octanol–water partition coefficient (Wildman–Crippen LogP) is 6.24. The van der Waals surface area contributed by atoms with Crippen LogP contribution in [0.2, 0.25) is 0 Å². The van der Waals surface area contributed by atoms with E-state index in [9.17, 15) is 31.1 Å². The second kappa shape index (κ2) is 9.68. The summed E-state index contributed by atoms with van der Waals surface area (Å²) in [5.74, 6) is -0.290. The summed E-state index contributed by atoms with van der Waals surface area (Å²) in [4.78, 5) is 19.4. The monoisotopic (exact) mass is 510 g/mol. The number of H-pyrrole nitrogens is 1. The molecular formula is C23H16F6N4O3. The van der Waals surface area contributed by atoms with Crippen LogP contribution in [-0.4, -0.2) is 28.8 Å². The fraction of sp³-hybridized carbons (Fsp3) is 0.130. The van der Waals surface area contributed by atoms with Gasteiger partial charge in [-0.15, -0.1) is 13.2 Å². The summed E-state index contributed by atoms with van der Waals surface area (Å²) < 4.78 is 83.9. The maximum Gasteiger partial charge on any atom is 0.573 e.